The molecular formula is C29H28Br2N4O4. The molecule has 1 N–H and O–H groups in total. The van der Waals surface area contributed by atoms with Gasteiger partial charge in [0, 0.05) is 25.6 Å². The Morgan fingerprint density at radius 2 is 1.85 bits per heavy atom. The van der Waals surface area contributed by atoms with Crippen molar-refractivity contribution in [3.05, 3.63) is 90.8 Å². The van der Waals surface area contributed by atoms with Gasteiger partial charge in [-0.25, -0.2) is 4.98 Å². The minimum absolute atomic E-state index is 0.201. The Kier molecular flexibility index (Phi) is 8.56. The van der Waals surface area contributed by atoms with Gasteiger partial charge in [0.15, 0.2) is 18.1 Å². The molecule has 0 unspecified atom stereocenters. The predicted octanol–water partition coefficient (Wildman–Crippen LogP) is 6.44. The van der Waals surface area contributed by atoms with E-state index in [1.54, 1.807) is 24.4 Å². The molecular weight excluding hydrogens is 628 g/mol. The van der Waals surface area contributed by atoms with Crippen molar-refractivity contribution in [3.63, 3.8) is 0 Å². The maximum absolute atomic E-state index is 13.4. The summed E-state index contributed by atoms with van der Waals surface area (Å²) < 4.78 is 14.0. The van der Waals surface area contributed by atoms with Gasteiger partial charge >= 0.3 is 0 Å². The number of carbonyl (C=O) groups excluding carboxylic acids is 1. The summed E-state index contributed by atoms with van der Waals surface area (Å²) in [7, 11) is 1.51. The highest BCUT2D eigenvalue weighted by Crippen LogP contribution is 2.33. The summed E-state index contributed by atoms with van der Waals surface area (Å²) in [5.74, 6) is 1.03. The van der Waals surface area contributed by atoms with Crippen LogP contribution >= 0.6 is 31.9 Å². The fourth-order valence-electron chi connectivity index (χ4n) is 3.83. The van der Waals surface area contributed by atoms with Crippen LogP contribution in [0.3, 0.4) is 0 Å². The van der Waals surface area contributed by atoms with Crippen LogP contribution in [0.25, 0.3) is 10.9 Å². The number of rotatable bonds is 7. The lowest BCUT2D eigenvalue weighted by Crippen LogP contribution is -2.29. The summed E-state index contributed by atoms with van der Waals surface area (Å²) in [6.07, 6.45) is 1.56. The molecule has 0 aliphatic carbocycles. The average molecular weight is 656 g/mol. The first-order valence-electron chi connectivity index (χ1n) is 12.1. The molecule has 0 saturated carbocycles. The second-order valence-electron chi connectivity index (χ2n) is 9.88. The van der Waals surface area contributed by atoms with Gasteiger partial charge in [0.2, 0.25) is 0 Å². The van der Waals surface area contributed by atoms with Gasteiger partial charge < -0.3 is 14.8 Å². The van der Waals surface area contributed by atoms with E-state index in [-0.39, 0.29) is 18.1 Å². The molecule has 0 aliphatic rings. The largest absolute Gasteiger partial charge is 0.493 e. The van der Waals surface area contributed by atoms with Crippen molar-refractivity contribution in [2.24, 2.45) is 5.10 Å². The van der Waals surface area contributed by atoms with Crippen LogP contribution in [0, 0.1) is 6.92 Å². The molecule has 0 radical (unpaired) electrons. The van der Waals surface area contributed by atoms with Crippen LogP contribution in [0.5, 0.6) is 11.5 Å². The average Bonchev–Trinajstić information content (AvgIpc) is 2.88. The highest BCUT2D eigenvalue weighted by molar-refractivity contribution is 9.10. The number of benzene rings is 3. The number of nitrogens with zero attached hydrogens (tertiary/aromatic N) is 3. The molecule has 202 valence electrons. The fraction of sp³-hybridized carbons (Fsp3) is 0.241. The number of aromatic nitrogens is 2. The first-order chi connectivity index (χ1) is 18.5. The first-order valence-corrected chi connectivity index (χ1v) is 13.7. The van der Waals surface area contributed by atoms with E-state index < -0.39 is 5.41 Å². The Balaban J connectivity index is 1.62. The van der Waals surface area contributed by atoms with E-state index >= 15 is 0 Å². The van der Waals surface area contributed by atoms with Crippen LogP contribution in [-0.2, 0) is 10.2 Å². The maximum Gasteiger partial charge on any atom is 0.282 e. The fourth-order valence-corrected chi connectivity index (χ4v) is 4.61. The van der Waals surface area contributed by atoms with Crippen molar-refractivity contribution in [1.82, 2.24) is 9.66 Å². The number of aryl methyl sites for hydroxylation is 1. The molecule has 0 fully saturated rings. The summed E-state index contributed by atoms with van der Waals surface area (Å²) in [5.41, 5.74) is 2.22. The second-order valence-corrected chi connectivity index (χ2v) is 11.7. The molecule has 39 heavy (non-hydrogen) atoms. The Morgan fingerprint density at radius 3 is 2.54 bits per heavy atom. The summed E-state index contributed by atoms with van der Waals surface area (Å²) in [4.78, 5) is 30.6. The second kappa shape index (κ2) is 11.7. The summed E-state index contributed by atoms with van der Waals surface area (Å²) >= 11 is 6.97. The third-order valence-electron chi connectivity index (χ3n) is 5.85. The zero-order chi connectivity index (χ0) is 28.3. The van der Waals surface area contributed by atoms with Gasteiger partial charge in [0.25, 0.3) is 11.5 Å². The van der Waals surface area contributed by atoms with E-state index in [1.807, 2.05) is 64.1 Å². The van der Waals surface area contributed by atoms with Crippen LogP contribution in [0.2, 0.25) is 0 Å². The lowest BCUT2D eigenvalue weighted by Gasteiger charge is -2.21. The molecule has 0 saturated heterocycles. The van der Waals surface area contributed by atoms with Gasteiger partial charge in [-0.3, -0.25) is 9.59 Å². The van der Waals surface area contributed by atoms with Crippen LogP contribution in [0.4, 0.5) is 5.69 Å². The molecule has 4 aromatic rings. The molecule has 1 amide bonds. The molecule has 0 bridgehead atoms. The van der Waals surface area contributed by atoms with Gasteiger partial charge in [0.1, 0.15) is 5.82 Å². The molecule has 0 spiro atoms. The normalized spacial score (nSPS) is 11.7. The Labute approximate surface area is 243 Å². The molecule has 1 heterocycles. The number of ether oxygens (including phenoxy) is 2. The minimum Gasteiger partial charge on any atom is -0.493 e. The third-order valence-corrected chi connectivity index (χ3v) is 7.03. The van der Waals surface area contributed by atoms with E-state index in [0.29, 0.717) is 38.3 Å². The van der Waals surface area contributed by atoms with Gasteiger partial charge in [0.05, 0.1) is 24.2 Å². The Bertz CT molecular complexity index is 1640. The van der Waals surface area contributed by atoms with Crippen LogP contribution in [0.15, 0.2) is 73.4 Å². The molecule has 4 rings (SSSR count). The monoisotopic (exact) mass is 654 g/mol. The summed E-state index contributed by atoms with van der Waals surface area (Å²) in [6.45, 7) is 7.65. The summed E-state index contributed by atoms with van der Waals surface area (Å²) in [6, 6.07) is 16.3. The topological polar surface area (TPSA) is 94.8 Å². The predicted molar refractivity (Wildman–Crippen MR) is 161 cm³/mol. The van der Waals surface area contributed by atoms with Crippen molar-refractivity contribution in [3.8, 4) is 11.5 Å². The highest BCUT2D eigenvalue weighted by Gasteiger charge is 2.23. The number of carbonyl (C=O) groups is 1. The number of hydrogen-bond donors (Lipinski definition) is 1. The Hall–Kier alpha value is -3.50. The van der Waals surface area contributed by atoms with Crippen LogP contribution in [0.1, 0.15) is 37.7 Å². The number of anilines is 1. The number of hydrogen-bond acceptors (Lipinski definition) is 6. The zero-order valence-corrected chi connectivity index (χ0v) is 25.4. The van der Waals surface area contributed by atoms with E-state index in [1.165, 1.54) is 11.8 Å². The molecule has 10 heteroatoms. The van der Waals surface area contributed by atoms with Crippen molar-refractivity contribution in [2.45, 2.75) is 33.1 Å². The standard InChI is InChI=1S/C29H28Br2N4O4/c1-17-8-6-7-9-22(17)33-26(36)16-39-25-14-21(31)18(12-24(25)38-5)15-32-35-27(37)20-13-19(30)10-11-23(20)34-28(35)29(2,3)4/h6-15H,16H2,1-5H3,(H,33,36). The number of halogens is 2. The third kappa shape index (κ3) is 6.57. The van der Waals surface area contributed by atoms with E-state index in [2.05, 4.69) is 42.3 Å². The highest BCUT2D eigenvalue weighted by atomic mass is 79.9. The van der Waals surface area contributed by atoms with Crippen molar-refractivity contribution in [2.75, 3.05) is 19.0 Å². The SMILES string of the molecule is COc1cc(C=Nn2c(C(C)(C)C)nc3ccc(Br)cc3c2=O)c(Br)cc1OCC(=O)Nc1ccccc1C. The lowest BCUT2D eigenvalue weighted by atomic mass is 9.95. The molecule has 8 nitrogen and oxygen atoms in total. The molecule has 0 atom stereocenters. The van der Waals surface area contributed by atoms with Crippen molar-refractivity contribution in [1.29, 1.82) is 0 Å². The van der Waals surface area contributed by atoms with Gasteiger partial charge in [-0.15, -0.1) is 0 Å². The van der Waals surface area contributed by atoms with E-state index in [4.69, 9.17) is 14.5 Å². The summed E-state index contributed by atoms with van der Waals surface area (Å²) in [5, 5.41) is 7.83. The maximum atomic E-state index is 13.4. The van der Waals surface area contributed by atoms with Crippen LogP contribution < -0.4 is 20.3 Å². The van der Waals surface area contributed by atoms with Crippen molar-refractivity contribution >= 4 is 60.6 Å². The molecule has 1 aromatic heterocycles. The number of amides is 1. The number of nitrogens with one attached hydrogen (secondary N) is 1. The van der Waals surface area contributed by atoms with Gasteiger partial charge in [-0.1, -0.05) is 54.9 Å². The lowest BCUT2D eigenvalue weighted by molar-refractivity contribution is -0.118. The van der Waals surface area contributed by atoms with Crippen LogP contribution in [-0.4, -0.2) is 35.5 Å². The minimum atomic E-state index is -0.441. The Morgan fingerprint density at radius 1 is 1.10 bits per heavy atom. The number of methoxy groups -OCH3 is 1. The number of fused-ring (bicyclic) bond motifs is 1. The number of para-hydroxylation sites is 1. The first kappa shape index (κ1) is 28.5. The van der Waals surface area contributed by atoms with E-state index in [0.717, 1.165) is 15.7 Å². The molecule has 3 aromatic carbocycles. The smallest absolute Gasteiger partial charge is 0.282 e. The van der Waals surface area contributed by atoms with E-state index in [9.17, 15) is 9.59 Å². The quantitative estimate of drug-likeness (QED) is 0.231. The van der Waals surface area contributed by atoms with Gasteiger partial charge in [-0.2, -0.15) is 9.78 Å². The zero-order valence-electron chi connectivity index (χ0n) is 22.2. The molecule has 0 aliphatic heterocycles. The van der Waals surface area contributed by atoms with Gasteiger partial charge in [-0.05, 0) is 64.8 Å². The van der Waals surface area contributed by atoms with Crippen molar-refractivity contribution < 1.29 is 14.3 Å².